The average Bonchev–Trinajstić information content (AvgIpc) is 3.22. The van der Waals surface area contributed by atoms with Crippen LogP contribution >= 0.6 is 0 Å². The van der Waals surface area contributed by atoms with E-state index >= 15 is 0 Å². The van der Waals surface area contributed by atoms with Crippen LogP contribution < -0.4 is 14.2 Å². The van der Waals surface area contributed by atoms with E-state index in [1.54, 1.807) is 19.2 Å². The SMILES string of the molecule is COc1cc2c(cc1O)[C@]1(Cc3ccc4c(c3[C@@H]1O)OCO4)[N@@+](C)([O-])CC2. The van der Waals surface area contributed by atoms with Gasteiger partial charge in [0.25, 0.3) is 0 Å². The third-order valence-corrected chi connectivity index (χ3v) is 6.38. The van der Waals surface area contributed by atoms with E-state index in [0.717, 1.165) is 11.1 Å². The van der Waals surface area contributed by atoms with Crippen LogP contribution in [0.15, 0.2) is 24.3 Å². The number of aromatic hydroxyl groups is 1. The van der Waals surface area contributed by atoms with E-state index < -0.39 is 16.3 Å². The summed E-state index contributed by atoms with van der Waals surface area (Å²) in [6, 6.07) is 7.05. The number of methoxy groups -OCH3 is 1. The van der Waals surface area contributed by atoms with Crippen molar-refractivity contribution in [3.05, 3.63) is 51.7 Å². The lowest BCUT2D eigenvalue weighted by atomic mass is 9.76. The average molecular weight is 371 g/mol. The first-order valence-electron chi connectivity index (χ1n) is 8.95. The molecule has 0 bridgehead atoms. The number of rotatable bonds is 1. The molecule has 0 amide bonds. The number of fused-ring (bicyclic) bond motifs is 5. The van der Waals surface area contributed by atoms with Crippen LogP contribution in [0.3, 0.4) is 0 Å². The minimum absolute atomic E-state index is 0.0366. The molecule has 0 radical (unpaired) electrons. The molecule has 3 aliphatic rings. The number of benzene rings is 2. The van der Waals surface area contributed by atoms with Gasteiger partial charge in [-0.2, -0.15) is 0 Å². The lowest BCUT2D eigenvalue weighted by molar-refractivity contribution is -0.929. The Hall–Kier alpha value is -2.48. The van der Waals surface area contributed by atoms with Crippen LogP contribution in [0.5, 0.6) is 23.0 Å². The maximum atomic E-state index is 13.7. The Morgan fingerprint density at radius 1 is 1.26 bits per heavy atom. The first-order valence-corrected chi connectivity index (χ1v) is 8.95. The summed E-state index contributed by atoms with van der Waals surface area (Å²) in [4.78, 5) is 0. The molecule has 1 spiro atoms. The number of aliphatic hydroxyl groups is 1. The molecule has 3 atom stereocenters. The number of aliphatic hydroxyl groups excluding tert-OH is 1. The zero-order valence-corrected chi connectivity index (χ0v) is 15.2. The molecule has 2 heterocycles. The Labute approximate surface area is 156 Å². The number of likely N-dealkylation sites (N-methyl/N-ethyl adjacent to an activating group) is 1. The molecule has 7 heteroatoms. The van der Waals surface area contributed by atoms with Gasteiger partial charge in [-0.25, -0.2) is 0 Å². The van der Waals surface area contributed by atoms with Crippen LogP contribution in [0.4, 0.5) is 0 Å². The van der Waals surface area contributed by atoms with Crippen molar-refractivity contribution in [3.8, 4) is 23.0 Å². The molecular weight excluding hydrogens is 350 g/mol. The van der Waals surface area contributed by atoms with Gasteiger partial charge in [0.15, 0.2) is 28.5 Å². The Balaban J connectivity index is 1.76. The summed E-state index contributed by atoms with van der Waals surface area (Å²) in [6.07, 6.45) is -0.161. The van der Waals surface area contributed by atoms with Gasteiger partial charge in [-0.15, -0.1) is 0 Å². The highest BCUT2D eigenvalue weighted by Crippen LogP contribution is 2.59. The van der Waals surface area contributed by atoms with Gasteiger partial charge in [0.1, 0.15) is 6.10 Å². The number of phenolic OH excluding ortho intramolecular Hbond substituents is 1. The van der Waals surface area contributed by atoms with E-state index in [1.165, 1.54) is 7.11 Å². The predicted molar refractivity (Wildman–Crippen MR) is 95.7 cm³/mol. The van der Waals surface area contributed by atoms with Crippen LogP contribution in [-0.4, -0.2) is 42.4 Å². The molecule has 2 aromatic rings. The monoisotopic (exact) mass is 371 g/mol. The van der Waals surface area contributed by atoms with Crippen molar-refractivity contribution >= 4 is 0 Å². The molecule has 142 valence electrons. The molecule has 2 N–H and O–H groups in total. The highest BCUT2D eigenvalue weighted by atomic mass is 16.7. The zero-order chi connectivity index (χ0) is 19.0. The van der Waals surface area contributed by atoms with Crippen LogP contribution in [0.25, 0.3) is 0 Å². The van der Waals surface area contributed by atoms with Crippen LogP contribution in [0, 0.1) is 5.21 Å². The molecule has 1 aliphatic carbocycles. The molecule has 7 nitrogen and oxygen atoms in total. The fraction of sp³-hybridized carbons (Fsp3) is 0.400. The van der Waals surface area contributed by atoms with E-state index in [-0.39, 0.29) is 12.5 Å². The van der Waals surface area contributed by atoms with Crippen molar-refractivity contribution < 1.29 is 29.1 Å². The minimum atomic E-state index is -1.15. The van der Waals surface area contributed by atoms with Crippen molar-refractivity contribution in [2.45, 2.75) is 24.5 Å². The van der Waals surface area contributed by atoms with Crippen molar-refractivity contribution in [2.75, 3.05) is 27.5 Å². The van der Waals surface area contributed by atoms with Gasteiger partial charge < -0.3 is 34.3 Å². The Morgan fingerprint density at radius 3 is 2.85 bits per heavy atom. The summed E-state index contributed by atoms with van der Waals surface area (Å²) < 4.78 is 15.7. The molecule has 0 unspecified atom stereocenters. The van der Waals surface area contributed by atoms with Gasteiger partial charge in [-0.3, -0.25) is 0 Å². The number of hydrogen-bond acceptors (Lipinski definition) is 6. The highest BCUT2D eigenvalue weighted by Gasteiger charge is 2.60. The summed E-state index contributed by atoms with van der Waals surface area (Å²) in [6.45, 7) is 0.426. The van der Waals surface area contributed by atoms with Gasteiger partial charge in [0.2, 0.25) is 6.79 Å². The number of phenols is 1. The largest absolute Gasteiger partial charge is 0.632 e. The summed E-state index contributed by atoms with van der Waals surface area (Å²) >= 11 is 0. The van der Waals surface area contributed by atoms with Gasteiger partial charge >= 0.3 is 0 Å². The van der Waals surface area contributed by atoms with E-state index in [0.29, 0.717) is 47.8 Å². The molecular formula is C20H21NO6. The van der Waals surface area contributed by atoms with E-state index in [9.17, 15) is 15.4 Å². The summed E-state index contributed by atoms with van der Waals surface area (Å²) in [5.74, 6) is 1.43. The van der Waals surface area contributed by atoms with Crippen LogP contribution in [-0.2, 0) is 18.4 Å². The second-order valence-corrected chi connectivity index (χ2v) is 7.63. The summed E-state index contributed by atoms with van der Waals surface area (Å²) in [7, 11) is 3.09. The van der Waals surface area contributed by atoms with Crippen molar-refractivity contribution in [1.29, 1.82) is 0 Å². The highest BCUT2D eigenvalue weighted by molar-refractivity contribution is 5.60. The molecule has 27 heavy (non-hydrogen) atoms. The van der Waals surface area contributed by atoms with Crippen molar-refractivity contribution in [1.82, 2.24) is 0 Å². The number of hydroxylamine groups is 3. The van der Waals surface area contributed by atoms with Gasteiger partial charge in [-0.1, -0.05) is 6.07 Å². The topological polar surface area (TPSA) is 91.2 Å². The quantitative estimate of drug-likeness (QED) is 0.589. The summed E-state index contributed by atoms with van der Waals surface area (Å²) in [5.41, 5.74) is 1.92. The second-order valence-electron chi connectivity index (χ2n) is 7.63. The van der Waals surface area contributed by atoms with E-state index in [4.69, 9.17) is 14.2 Å². The Morgan fingerprint density at radius 2 is 2.07 bits per heavy atom. The lowest BCUT2D eigenvalue weighted by Crippen LogP contribution is -2.61. The third kappa shape index (κ3) is 1.96. The zero-order valence-electron chi connectivity index (χ0n) is 15.2. The number of quaternary nitrogens is 1. The molecule has 5 rings (SSSR count). The fourth-order valence-electron chi connectivity index (χ4n) is 4.95. The van der Waals surface area contributed by atoms with Gasteiger partial charge in [0.05, 0.1) is 20.7 Å². The van der Waals surface area contributed by atoms with E-state index in [2.05, 4.69) is 0 Å². The van der Waals surface area contributed by atoms with Gasteiger partial charge in [0, 0.05) is 24.0 Å². The maximum absolute atomic E-state index is 13.7. The van der Waals surface area contributed by atoms with Crippen LogP contribution in [0.2, 0.25) is 0 Å². The number of hydrogen-bond donors (Lipinski definition) is 2. The summed E-state index contributed by atoms with van der Waals surface area (Å²) in [5, 5.41) is 35.5. The number of nitrogens with zero attached hydrogens (tertiary/aromatic N) is 1. The Kier molecular flexibility index (Phi) is 3.26. The van der Waals surface area contributed by atoms with Crippen LogP contribution in [0.1, 0.15) is 28.4 Å². The molecule has 2 aliphatic heterocycles. The smallest absolute Gasteiger partial charge is 0.231 e. The molecule has 0 aromatic heterocycles. The second kappa shape index (κ2) is 5.28. The predicted octanol–water partition coefficient (Wildman–Crippen LogP) is 2.12. The molecule has 0 fully saturated rings. The fourth-order valence-corrected chi connectivity index (χ4v) is 4.95. The first kappa shape index (κ1) is 16.7. The lowest BCUT2D eigenvalue weighted by Gasteiger charge is -2.57. The normalized spacial score (nSPS) is 30.3. The van der Waals surface area contributed by atoms with Crippen molar-refractivity contribution in [2.24, 2.45) is 0 Å². The van der Waals surface area contributed by atoms with Crippen molar-refractivity contribution in [3.63, 3.8) is 0 Å². The minimum Gasteiger partial charge on any atom is -0.632 e. The first-order chi connectivity index (χ1) is 12.9. The maximum Gasteiger partial charge on any atom is 0.231 e. The standard InChI is InChI=1S/C20H21NO6/c1-21(24)6-5-11-7-16(25-2)14(22)8-13(11)20(21)9-12-3-4-15-18(27-10-26-15)17(12)19(20)23/h3-4,7-8,19,22-23H,5-6,9-10H2,1-2H3/t19-,20-,21-/m0/s1. The molecule has 0 saturated heterocycles. The van der Waals surface area contributed by atoms with E-state index in [1.807, 2.05) is 12.1 Å². The Bertz CT molecular complexity index is 956. The number of ether oxygens (including phenoxy) is 3. The molecule has 2 aromatic carbocycles. The third-order valence-electron chi connectivity index (χ3n) is 6.38. The molecule has 0 saturated carbocycles. The van der Waals surface area contributed by atoms with Gasteiger partial charge in [-0.05, 0) is 29.3 Å².